The molecule has 1 nitrogen and oxygen atoms in total. The van der Waals surface area contributed by atoms with Crippen LogP contribution in [0.1, 0.15) is 38.2 Å². The van der Waals surface area contributed by atoms with E-state index in [-0.39, 0.29) is 5.41 Å². The van der Waals surface area contributed by atoms with E-state index in [4.69, 9.17) is 0 Å². The maximum Gasteiger partial charge on any atom is 0.146 e. The molecule has 3 atom stereocenters. The predicted molar refractivity (Wildman–Crippen MR) is 64.2 cm³/mol. The molecule has 0 heterocycles. The van der Waals surface area contributed by atoms with Crippen molar-refractivity contribution in [3.8, 4) is 0 Å². The van der Waals surface area contributed by atoms with Crippen LogP contribution in [0.5, 0.6) is 0 Å². The van der Waals surface area contributed by atoms with E-state index in [1.165, 1.54) is 24.8 Å². The van der Waals surface area contributed by atoms with Gasteiger partial charge in [0.25, 0.3) is 0 Å². The van der Waals surface area contributed by atoms with Gasteiger partial charge in [0.15, 0.2) is 0 Å². The van der Waals surface area contributed by atoms with Crippen molar-refractivity contribution in [2.45, 2.75) is 38.0 Å². The third kappa shape index (κ3) is 1.15. The van der Waals surface area contributed by atoms with Gasteiger partial charge in [-0.15, -0.1) is 0 Å². The summed E-state index contributed by atoms with van der Waals surface area (Å²) in [4.78, 5) is 12.3. The fraction of sp³-hybridized carbons (Fsp3) is 0.533. The topological polar surface area (TPSA) is 17.1 Å². The summed E-state index contributed by atoms with van der Waals surface area (Å²) in [6.45, 7) is 2.15. The van der Waals surface area contributed by atoms with E-state index in [1.807, 2.05) is 18.2 Å². The fourth-order valence-corrected chi connectivity index (χ4v) is 3.75. The molecular weight excluding hydrogens is 196 g/mol. The van der Waals surface area contributed by atoms with Gasteiger partial charge >= 0.3 is 0 Å². The highest BCUT2D eigenvalue weighted by Gasteiger charge is 2.59. The lowest BCUT2D eigenvalue weighted by atomic mass is 9.47. The Hall–Kier alpha value is -1.11. The minimum Gasteiger partial charge on any atom is -0.298 e. The van der Waals surface area contributed by atoms with E-state index in [2.05, 4.69) is 19.1 Å². The molecule has 3 rings (SSSR count). The lowest BCUT2D eigenvalue weighted by Gasteiger charge is -2.54. The second kappa shape index (κ2) is 3.44. The SMILES string of the molecule is C[C@@]1(c2ccccc2)C(=O)[C@H]2CCCC[C@H]21. The highest BCUT2D eigenvalue weighted by atomic mass is 16.1. The largest absolute Gasteiger partial charge is 0.298 e. The van der Waals surface area contributed by atoms with Gasteiger partial charge in [0, 0.05) is 5.92 Å². The van der Waals surface area contributed by atoms with Crippen LogP contribution in [0.3, 0.4) is 0 Å². The molecule has 0 N–H and O–H groups in total. The molecule has 0 radical (unpaired) electrons. The van der Waals surface area contributed by atoms with Crippen LogP contribution in [-0.2, 0) is 10.2 Å². The van der Waals surface area contributed by atoms with Crippen molar-refractivity contribution in [2.75, 3.05) is 0 Å². The van der Waals surface area contributed by atoms with Crippen molar-refractivity contribution in [3.63, 3.8) is 0 Å². The summed E-state index contributed by atoms with van der Waals surface area (Å²) in [6, 6.07) is 10.3. The molecule has 1 heteroatoms. The first kappa shape index (κ1) is 10.1. The lowest BCUT2D eigenvalue weighted by Crippen LogP contribution is -2.60. The predicted octanol–water partition coefficient (Wildman–Crippen LogP) is 3.33. The first-order valence-electron chi connectivity index (χ1n) is 6.34. The molecular formula is C15H18O. The summed E-state index contributed by atoms with van der Waals surface area (Å²) in [5.41, 5.74) is 1.05. The molecule has 2 aliphatic carbocycles. The minimum atomic E-state index is -0.174. The Balaban J connectivity index is 1.97. The normalized spacial score (nSPS) is 37.7. The van der Waals surface area contributed by atoms with Crippen molar-refractivity contribution in [2.24, 2.45) is 11.8 Å². The van der Waals surface area contributed by atoms with Crippen LogP contribution in [0, 0.1) is 11.8 Å². The van der Waals surface area contributed by atoms with Crippen LogP contribution in [0.25, 0.3) is 0 Å². The van der Waals surface area contributed by atoms with E-state index < -0.39 is 0 Å². The monoisotopic (exact) mass is 214 g/mol. The fourth-order valence-electron chi connectivity index (χ4n) is 3.75. The summed E-state index contributed by atoms with van der Waals surface area (Å²) in [5.74, 6) is 1.47. The third-order valence-corrected chi connectivity index (χ3v) is 4.73. The zero-order chi connectivity index (χ0) is 11.2. The zero-order valence-corrected chi connectivity index (χ0v) is 9.78. The molecule has 84 valence electrons. The van der Waals surface area contributed by atoms with Gasteiger partial charge in [0.2, 0.25) is 0 Å². The van der Waals surface area contributed by atoms with Crippen LogP contribution in [0.15, 0.2) is 30.3 Å². The number of hydrogen-bond donors (Lipinski definition) is 0. The van der Waals surface area contributed by atoms with Crippen molar-refractivity contribution < 1.29 is 4.79 Å². The summed E-state index contributed by atoms with van der Waals surface area (Å²) in [6.07, 6.45) is 4.92. The summed E-state index contributed by atoms with van der Waals surface area (Å²) < 4.78 is 0. The van der Waals surface area contributed by atoms with E-state index in [0.717, 1.165) is 6.42 Å². The average molecular weight is 214 g/mol. The quantitative estimate of drug-likeness (QED) is 0.700. The molecule has 0 amide bonds. The average Bonchev–Trinajstić information content (AvgIpc) is 2.38. The van der Waals surface area contributed by atoms with Crippen LogP contribution in [0.2, 0.25) is 0 Å². The number of Topliss-reactive ketones (excluding diaryl/α,β-unsaturated/α-hetero) is 1. The third-order valence-electron chi connectivity index (χ3n) is 4.73. The van der Waals surface area contributed by atoms with E-state index in [9.17, 15) is 4.79 Å². The Morgan fingerprint density at radius 1 is 1.12 bits per heavy atom. The molecule has 2 saturated carbocycles. The zero-order valence-electron chi connectivity index (χ0n) is 9.78. The Morgan fingerprint density at radius 2 is 1.81 bits per heavy atom. The second-order valence-electron chi connectivity index (χ2n) is 5.43. The summed E-state index contributed by atoms with van der Waals surface area (Å²) >= 11 is 0. The number of ketones is 1. The highest BCUT2D eigenvalue weighted by Crippen LogP contribution is 2.55. The number of benzene rings is 1. The lowest BCUT2D eigenvalue weighted by molar-refractivity contribution is -0.149. The van der Waals surface area contributed by atoms with Gasteiger partial charge < -0.3 is 0 Å². The molecule has 2 fully saturated rings. The molecule has 0 saturated heterocycles. The van der Waals surface area contributed by atoms with Crippen molar-refractivity contribution in [1.29, 1.82) is 0 Å². The highest BCUT2D eigenvalue weighted by molar-refractivity contribution is 5.98. The van der Waals surface area contributed by atoms with Gasteiger partial charge in [-0.3, -0.25) is 4.79 Å². The Labute approximate surface area is 96.9 Å². The smallest absolute Gasteiger partial charge is 0.146 e. The van der Waals surface area contributed by atoms with Gasteiger partial charge in [-0.05, 0) is 31.2 Å². The first-order valence-corrected chi connectivity index (χ1v) is 6.34. The number of carbonyl (C=O) groups excluding carboxylic acids is 1. The number of fused-ring (bicyclic) bond motifs is 1. The van der Waals surface area contributed by atoms with E-state index in [1.54, 1.807) is 0 Å². The summed E-state index contributed by atoms with van der Waals surface area (Å²) in [7, 11) is 0. The van der Waals surface area contributed by atoms with Crippen molar-refractivity contribution in [1.82, 2.24) is 0 Å². The minimum absolute atomic E-state index is 0.174. The van der Waals surface area contributed by atoms with Gasteiger partial charge in [0.05, 0.1) is 5.41 Å². The number of hydrogen-bond acceptors (Lipinski definition) is 1. The van der Waals surface area contributed by atoms with Crippen molar-refractivity contribution in [3.05, 3.63) is 35.9 Å². The van der Waals surface area contributed by atoms with Gasteiger partial charge in [-0.2, -0.15) is 0 Å². The molecule has 16 heavy (non-hydrogen) atoms. The standard InChI is InChI=1S/C15H18O/c1-15(11-7-3-2-4-8-11)13-10-6-5-9-12(13)14(15)16/h2-4,7-8,12-13H,5-6,9-10H2,1H3/t12-,13+,15-/m0/s1. The van der Waals surface area contributed by atoms with Gasteiger partial charge in [-0.25, -0.2) is 0 Å². The van der Waals surface area contributed by atoms with Crippen molar-refractivity contribution >= 4 is 5.78 Å². The van der Waals surface area contributed by atoms with E-state index >= 15 is 0 Å². The summed E-state index contributed by atoms with van der Waals surface area (Å²) in [5, 5.41) is 0. The molecule has 0 spiro atoms. The maximum atomic E-state index is 12.3. The van der Waals surface area contributed by atoms with Crippen LogP contribution >= 0.6 is 0 Å². The molecule has 0 aliphatic heterocycles. The number of rotatable bonds is 1. The Morgan fingerprint density at radius 3 is 2.56 bits per heavy atom. The maximum absolute atomic E-state index is 12.3. The van der Waals surface area contributed by atoms with Crippen LogP contribution in [0.4, 0.5) is 0 Å². The molecule has 0 aromatic heterocycles. The molecule has 1 aromatic rings. The molecule has 0 bridgehead atoms. The van der Waals surface area contributed by atoms with Gasteiger partial charge in [-0.1, -0.05) is 43.2 Å². The second-order valence-corrected chi connectivity index (χ2v) is 5.43. The van der Waals surface area contributed by atoms with E-state index in [0.29, 0.717) is 17.6 Å². The molecule has 1 aromatic carbocycles. The first-order chi connectivity index (χ1) is 7.74. The Kier molecular flexibility index (Phi) is 2.17. The van der Waals surface area contributed by atoms with Crippen LogP contribution in [-0.4, -0.2) is 5.78 Å². The van der Waals surface area contributed by atoms with Gasteiger partial charge in [0.1, 0.15) is 5.78 Å². The number of carbonyl (C=O) groups is 1. The molecule has 2 aliphatic rings. The molecule has 0 unspecified atom stereocenters. The Bertz CT molecular complexity index is 409. The van der Waals surface area contributed by atoms with Crippen LogP contribution < -0.4 is 0 Å².